The molecule has 1 saturated heterocycles. The van der Waals surface area contributed by atoms with Crippen LogP contribution in [0, 0.1) is 5.92 Å². The SMILES string of the molecule is CCC[C@H](NC(=O)[C@H](Cc1ccc(O)cc1)NC(=O)[C@H](C)N)C(=O)NCC(=O)N[C@@H](CC(C)C)C(=O)N1CCC[C@H]1C(=O)NCCCNOC(=O)C(F)(F)F.O=C1c2ccccc2C(=O)c2ccccc21. The van der Waals surface area contributed by atoms with E-state index in [4.69, 9.17) is 5.73 Å². The molecule has 0 radical (unpaired) electrons. The maximum absolute atomic E-state index is 13.7. The van der Waals surface area contributed by atoms with Crippen LogP contribution in [0.5, 0.6) is 5.75 Å². The van der Waals surface area contributed by atoms with Gasteiger partial charge in [-0.05, 0) is 62.6 Å². The van der Waals surface area contributed by atoms with E-state index >= 15 is 0 Å². The summed E-state index contributed by atoms with van der Waals surface area (Å²) in [6.07, 6.45) is -3.27. The second-order valence-corrected chi connectivity index (χ2v) is 17.4. The number of halogens is 3. The summed E-state index contributed by atoms with van der Waals surface area (Å²) >= 11 is 0. The lowest BCUT2D eigenvalue weighted by Crippen LogP contribution is -2.57. The minimum absolute atomic E-state index is 0.0138. The fraction of sp³-hybridized carbons (Fsp3) is 0.449. The molecule has 1 fully saturated rings. The largest absolute Gasteiger partial charge is 0.508 e. The number of rotatable bonds is 21. The number of nitrogens with two attached hydrogens (primary N) is 1. The first kappa shape index (κ1) is 56.4. The van der Waals surface area contributed by atoms with Crippen molar-refractivity contribution in [3.63, 3.8) is 0 Å². The molecular formula is C49H61F3N8O11. The zero-order valence-electron chi connectivity index (χ0n) is 39.9. The van der Waals surface area contributed by atoms with Crippen LogP contribution in [0.3, 0.4) is 0 Å². The van der Waals surface area contributed by atoms with E-state index in [1.165, 1.54) is 24.0 Å². The van der Waals surface area contributed by atoms with Gasteiger partial charge < -0.3 is 47.2 Å². The van der Waals surface area contributed by atoms with Gasteiger partial charge in [-0.1, -0.05) is 87.9 Å². The molecule has 0 bridgehead atoms. The van der Waals surface area contributed by atoms with Crippen LogP contribution in [0.4, 0.5) is 13.2 Å². The number of alkyl halides is 3. The number of carbonyl (C=O) groups excluding carboxylic acids is 9. The topological polar surface area (TPSA) is 285 Å². The second kappa shape index (κ2) is 26.7. The second-order valence-electron chi connectivity index (χ2n) is 17.4. The molecule has 71 heavy (non-hydrogen) atoms. The first-order valence-electron chi connectivity index (χ1n) is 23.2. The van der Waals surface area contributed by atoms with Gasteiger partial charge in [0.1, 0.15) is 29.9 Å². The van der Waals surface area contributed by atoms with E-state index in [-0.39, 0.29) is 68.6 Å². The Balaban J connectivity index is 0.000000566. The van der Waals surface area contributed by atoms with Crippen LogP contribution < -0.4 is 37.8 Å². The third-order valence-corrected chi connectivity index (χ3v) is 11.2. The molecule has 9 N–H and O–H groups in total. The van der Waals surface area contributed by atoms with Gasteiger partial charge in [0.2, 0.25) is 35.4 Å². The van der Waals surface area contributed by atoms with Gasteiger partial charge in [0, 0.05) is 48.3 Å². The Morgan fingerprint density at radius 3 is 1.85 bits per heavy atom. The number of likely N-dealkylation sites (tertiary alicyclic amines) is 1. The number of hydroxylamine groups is 1. The average molecular weight is 995 g/mol. The third-order valence-electron chi connectivity index (χ3n) is 11.2. The summed E-state index contributed by atoms with van der Waals surface area (Å²) in [4.78, 5) is 119. The highest BCUT2D eigenvalue weighted by atomic mass is 19.4. The number of phenols is 1. The van der Waals surface area contributed by atoms with Crippen LogP contribution in [0.1, 0.15) is 104 Å². The number of fused-ring (bicyclic) bond motifs is 2. The van der Waals surface area contributed by atoms with E-state index < -0.39 is 84.3 Å². The summed E-state index contributed by atoms with van der Waals surface area (Å²) in [5.74, 6) is -6.20. The average Bonchev–Trinajstić information content (AvgIpc) is 3.83. The smallest absolute Gasteiger partial charge is 0.492 e. The highest BCUT2D eigenvalue weighted by molar-refractivity contribution is 6.28. The van der Waals surface area contributed by atoms with Crippen LogP contribution in [0.2, 0.25) is 0 Å². The summed E-state index contributed by atoms with van der Waals surface area (Å²) in [5.41, 5.74) is 10.2. The minimum atomic E-state index is -5.15. The van der Waals surface area contributed by atoms with Crippen molar-refractivity contribution in [2.45, 2.75) is 109 Å². The summed E-state index contributed by atoms with van der Waals surface area (Å²) in [7, 11) is 0. The molecule has 1 aliphatic carbocycles. The lowest BCUT2D eigenvalue weighted by molar-refractivity contribution is -0.206. The number of hydrogen-bond acceptors (Lipinski definition) is 13. The van der Waals surface area contributed by atoms with E-state index in [1.807, 2.05) is 19.3 Å². The molecule has 5 rings (SSSR count). The van der Waals surface area contributed by atoms with E-state index in [9.17, 15) is 61.4 Å². The maximum Gasteiger partial charge on any atom is 0.492 e. The fourth-order valence-electron chi connectivity index (χ4n) is 7.65. The van der Waals surface area contributed by atoms with Crippen molar-refractivity contribution in [3.05, 3.63) is 101 Å². The highest BCUT2D eigenvalue weighted by Crippen LogP contribution is 2.27. The van der Waals surface area contributed by atoms with Gasteiger partial charge in [-0.3, -0.25) is 38.4 Å². The lowest BCUT2D eigenvalue weighted by atomic mass is 9.84. The standard InChI is InChI=1S/C35H53F3N8O9.C14H8O2/c1-5-8-24(44-31(51)25(45-29(49)21(4)39)18-22-10-12-23(47)13-11-22)30(50)41-19-28(48)43-26(17-20(2)3)33(53)46-16-6-9-27(46)32(52)40-14-7-15-42-55-34(54)35(36,37)38;15-13-9-5-1-2-6-10(9)14(16)12-8-4-3-7-11(12)13/h10-13,20-21,24-27,42,47H,5-9,14-19,39H2,1-4H3,(H,40,52)(H,41,50)(H,43,48)(H,44,51)(H,45,49);1-8H/t21-,24-,25-,26-,27-;/m0./s1. The van der Waals surface area contributed by atoms with Crippen LogP contribution in [0.25, 0.3) is 0 Å². The number of nitrogens with one attached hydrogen (secondary N) is 6. The molecule has 0 aromatic heterocycles. The van der Waals surface area contributed by atoms with Gasteiger partial charge >= 0.3 is 12.1 Å². The molecule has 3 aromatic rings. The zero-order chi connectivity index (χ0) is 52.4. The minimum Gasteiger partial charge on any atom is -0.508 e. The molecule has 22 heteroatoms. The third kappa shape index (κ3) is 16.7. The fourth-order valence-corrected chi connectivity index (χ4v) is 7.65. The molecule has 1 aliphatic heterocycles. The van der Waals surface area contributed by atoms with Crippen molar-refractivity contribution in [2.24, 2.45) is 11.7 Å². The number of amides is 6. The van der Waals surface area contributed by atoms with Gasteiger partial charge in [-0.2, -0.15) is 18.7 Å². The number of phenolic OH excluding ortho intramolecular Hbond substituents is 1. The molecule has 384 valence electrons. The normalized spacial score (nSPS) is 15.6. The Hall–Kier alpha value is -7.20. The Labute approximate surface area is 408 Å². The number of nitrogens with zero attached hydrogens (tertiary/aromatic N) is 1. The first-order valence-corrected chi connectivity index (χ1v) is 23.2. The summed E-state index contributed by atoms with van der Waals surface area (Å²) in [6, 6.07) is 14.9. The van der Waals surface area contributed by atoms with Crippen LogP contribution in [-0.4, -0.2) is 126 Å². The predicted molar refractivity (Wildman–Crippen MR) is 251 cm³/mol. The van der Waals surface area contributed by atoms with Crippen molar-refractivity contribution in [1.29, 1.82) is 0 Å². The molecule has 1 heterocycles. The quantitative estimate of drug-likeness (QED) is 0.0440. The van der Waals surface area contributed by atoms with Crippen LogP contribution in [0.15, 0.2) is 72.8 Å². The maximum atomic E-state index is 13.7. The molecule has 0 spiro atoms. The molecule has 0 saturated carbocycles. The number of aromatic hydroxyl groups is 1. The van der Waals surface area contributed by atoms with Crippen molar-refractivity contribution in [2.75, 3.05) is 26.2 Å². The van der Waals surface area contributed by atoms with Gasteiger partial charge in [0.05, 0.1) is 12.6 Å². The summed E-state index contributed by atoms with van der Waals surface area (Å²) in [6.45, 7) is 6.46. The number of hydrogen-bond donors (Lipinski definition) is 8. The van der Waals surface area contributed by atoms with E-state index in [2.05, 4.69) is 31.4 Å². The molecule has 0 unspecified atom stereocenters. The zero-order valence-corrected chi connectivity index (χ0v) is 39.9. The molecule has 2 aliphatic rings. The molecular weight excluding hydrogens is 934 g/mol. The predicted octanol–water partition coefficient (Wildman–Crippen LogP) is 2.27. The first-order chi connectivity index (χ1) is 33.6. The number of carbonyl (C=O) groups is 9. The Morgan fingerprint density at radius 1 is 0.761 bits per heavy atom. The number of benzene rings is 3. The highest BCUT2D eigenvalue weighted by Gasteiger charge is 2.42. The van der Waals surface area contributed by atoms with Crippen molar-refractivity contribution >= 4 is 53.0 Å². The van der Waals surface area contributed by atoms with Crippen molar-refractivity contribution < 1.29 is 66.3 Å². The number of ketones is 2. The summed E-state index contributed by atoms with van der Waals surface area (Å²) < 4.78 is 36.7. The lowest BCUT2D eigenvalue weighted by Gasteiger charge is -2.29. The van der Waals surface area contributed by atoms with Crippen molar-refractivity contribution in [1.82, 2.24) is 37.0 Å². The monoisotopic (exact) mass is 994 g/mol. The van der Waals surface area contributed by atoms with Gasteiger partial charge in [0.25, 0.3) is 0 Å². The molecule has 3 aromatic carbocycles. The van der Waals surface area contributed by atoms with Gasteiger partial charge in [-0.15, -0.1) is 0 Å². The van der Waals surface area contributed by atoms with E-state index in [1.54, 1.807) is 67.6 Å². The molecule has 5 atom stereocenters. The Kier molecular flexibility index (Phi) is 21.2. The molecule has 19 nitrogen and oxygen atoms in total. The van der Waals surface area contributed by atoms with E-state index in [0.717, 1.165) is 0 Å². The van der Waals surface area contributed by atoms with Crippen molar-refractivity contribution in [3.8, 4) is 5.75 Å². The summed E-state index contributed by atoms with van der Waals surface area (Å²) in [5, 5.41) is 22.6. The van der Waals surface area contributed by atoms with E-state index in [0.29, 0.717) is 47.1 Å². The molecule has 6 amide bonds. The Morgan fingerprint density at radius 2 is 1.32 bits per heavy atom. The van der Waals surface area contributed by atoms with Gasteiger partial charge in [0.15, 0.2) is 11.6 Å². The van der Waals surface area contributed by atoms with Crippen LogP contribution >= 0.6 is 0 Å². The Bertz CT molecular complexity index is 2290. The van der Waals surface area contributed by atoms with Gasteiger partial charge in [-0.25, -0.2) is 4.79 Å². The van der Waals surface area contributed by atoms with Crippen LogP contribution in [-0.2, 0) is 44.8 Å².